The number of aromatic nitrogens is 3. The van der Waals surface area contributed by atoms with E-state index in [1.54, 1.807) is 4.57 Å². The van der Waals surface area contributed by atoms with Crippen molar-refractivity contribution in [3.8, 4) is 5.75 Å². The van der Waals surface area contributed by atoms with Crippen LogP contribution in [0, 0.1) is 11.6 Å². The average molecular weight is 352 g/mol. The molecule has 0 saturated heterocycles. The van der Waals surface area contributed by atoms with Crippen molar-refractivity contribution in [1.29, 1.82) is 0 Å². The largest absolute Gasteiger partial charge is 0.491 e. The van der Waals surface area contributed by atoms with Crippen LogP contribution in [-0.4, -0.2) is 27.4 Å². The summed E-state index contributed by atoms with van der Waals surface area (Å²) in [6.07, 6.45) is 3.58. The van der Waals surface area contributed by atoms with E-state index in [0.717, 1.165) is 43.2 Å². The molecule has 1 aliphatic heterocycles. The summed E-state index contributed by atoms with van der Waals surface area (Å²) >= 11 is 0. The Morgan fingerprint density at radius 3 is 2.68 bits per heavy atom. The first-order valence-electron chi connectivity index (χ1n) is 7.99. The molecule has 7 nitrogen and oxygen atoms in total. The summed E-state index contributed by atoms with van der Waals surface area (Å²) in [4.78, 5) is 24.4. The summed E-state index contributed by atoms with van der Waals surface area (Å²) in [5.74, 6) is -2.31. The molecule has 2 heterocycles. The molecule has 9 heteroatoms. The fourth-order valence-corrected chi connectivity index (χ4v) is 2.89. The summed E-state index contributed by atoms with van der Waals surface area (Å²) < 4.78 is 34.6. The molecule has 3 rings (SSSR count). The van der Waals surface area contributed by atoms with Gasteiger partial charge in [0, 0.05) is 30.8 Å². The lowest BCUT2D eigenvalue weighted by molar-refractivity contribution is -0.117. The Morgan fingerprint density at radius 2 is 2.00 bits per heavy atom. The second kappa shape index (κ2) is 7.04. The van der Waals surface area contributed by atoms with Gasteiger partial charge in [-0.15, -0.1) is 0 Å². The van der Waals surface area contributed by atoms with Crippen molar-refractivity contribution in [1.82, 2.24) is 14.3 Å². The van der Waals surface area contributed by atoms with Gasteiger partial charge < -0.3 is 10.1 Å². The highest BCUT2D eigenvalue weighted by molar-refractivity contribution is 5.90. The first kappa shape index (κ1) is 17.1. The number of hydrogen-bond donors (Lipinski definition) is 1. The zero-order chi connectivity index (χ0) is 18.0. The van der Waals surface area contributed by atoms with Gasteiger partial charge in [-0.1, -0.05) is 6.42 Å². The predicted octanol–water partition coefficient (Wildman–Crippen LogP) is 1.70. The van der Waals surface area contributed by atoms with Crippen LogP contribution in [0.4, 0.5) is 14.5 Å². The van der Waals surface area contributed by atoms with E-state index in [-0.39, 0.29) is 17.9 Å². The molecule has 0 spiro atoms. The zero-order valence-electron chi connectivity index (χ0n) is 13.7. The third-order valence-corrected chi connectivity index (χ3v) is 4.06. The molecule has 0 aliphatic carbocycles. The third kappa shape index (κ3) is 3.54. The number of hydrogen-bond acceptors (Lipinski definition) is 4. The number of anilines is 1. The number of carbonyl (C=O) groups excluding carboxylic acids is 1. The first-order chi connectivity index (χ1) is 12.0. The van der Waals surface area contributed by atoms with Crippen molar-refractivity contribution in [2.75, 3.05) is 12.4 Å². The Labute approximate surface area is 142 Å². The van der Waals surface area contributed by atoms with Gasteiger partial charge in [-0.05, 0) is 12.8 Å². The van der Waals surface area contributed by atoms with Gasteiger partial charge in [0.15, 0.2) is 17.4 Å². The van der Waals surface area contributed by atoms with Gasteiger partial charge in [0.2, 0.25) is 5.91 Å². The molecule has 0 saturated carbocycles. The molecule has 0 atom stereocenters. The highest BCUT2D eigenvalue weighted by atomic mass is 19.1. The van der Waals surface area contributed by atoms with Crippen LogP contribution in [0.5, 0.6) is 5.75 Å². The zero-order valence-corrected chi connectivity index (χ0v) is 13.7. The van der Waals surface area contributed by atoms with Crippen molar-refractivity contribution < 1.29 is 18.3 Å². The number of fused-ring (bicyclic) bond motifs is 1. The second-order valence-electron chi connectivity index (χ2n) is 5.84. The van der Waals surface area contributed by atoms with Crippen molar-refractivity contribution in [2.24, 2.45) is 0 Å². The van der Waals surface area contributed by atoms with Crippen molar-refractivity contribution in [3.05, 3.63) is 40.1 Å². The maximum atomic E-state index is 13.7. The SMILES string of the molecule is COc1c(F)cc(NC(=O)Cn2nc3n(c2=O)CCCCC3)cc1F. The smallest absolute Gasteiger partial charge is 0.346 e. The Morgan fingerprint density at radius 1 is 1.28 bits per heavy atom. The maximum Gasteiger partial charge on any atom is 0.346 e. The van der Waals surface area contributed by atoms with E-state index in [1.165, 1.54) is 0 Å². The molecule has 1 aliphatic rings. The van der Waals surface area contributed by atoms with Crippen LogP contribution in [0.3, 0.4) is 0 Å². The van der Waals surface area contributed by atoms with Crippen LogP contribution in [0.25, 0.3) is 0 Å². The molecule has 0 unspecified atom stereocenters. The molecule has 0 bridgehead atoms. The quantitative estimate of drug-likeness (QED) is 0.908. The number of carbonyl (C=O) groups is 1. The number of benzene rings is 1. The van der Waals surface area contributed by atoms with Gasteiger partial charge in [0.05, 0.1) is 7.11 Å². The van der Waals surface area contributed by atoms with Crippen molar-refractivity contribution >= 4 is 11.6 Å². The summed E-state index contributed by atoms with van der Waals surface area (Å²) in [5, 5.41) is 6.55. The van der Waals surface area contributed by atoms with Gasteiger partial charge in [-0.25, -0.2) is 18.3 Å². The molecular formula is C16H18F2N4O3. The number of amides is 1. The van der Waals surface area contributed by atoms with Crippen LogP contribution in [0.2, 0.25) is 0 Å². The molecular weight excluding hydrogens is 334 g/mol. The molecule has 0 fully saturated rings. The number of halogens is 2. The Balaban J connectivity index is 1.74. The molecule has 2 aromatic rings. The normalized spacial score (nSPS) is 13.9. The third-order valence-electron chi connectivity index (χ3n) is 4.06. The van der Waals surface area contributed by atoms with E-state index < -0.39 is 23.3 Å². The summed E-state index contributed by atoms with van der Waals surface area (Å²) in [6.45, 7) is 0.263. The maximum absolute atomic E-state index is 13.7. The van der Waals surface area contributed by atoms with Gasteiger partial charge >= 0.3 is 5.69 Å². The van der Waals surface area contributed by atoms with E-state index >= 15 is 0 Å². The molecule has 1 aromatic carbocycles. The van der Waals surface area contributed by atoms with Crippen LogP contribution < -0.4 is 15.7 Å². The predicted molar refractivity (Wildman–Crippen MR) is 85.6 cm³/mol. The number of ether oxygens (including phenoxy) is 1. The summed E-state index contributed by atoms with van der Waals surface area (Å²) in [6, 6.07) is 1.90. The minimum Gasteiger partial charge on any atom is -0.491 e. The van der Waals surface area contributed by atoms with Crippen molar-refractivity contribution in [2.45, 2.75) is 38.8 Å². The number of nitrogens with zero attached hydrogens (tertiary/aromatic N) is 3. The minimum atomic E-state index is -0.927. The van der Waals surface area contributed by atoms with Gasteiger partial charge in [-0.3, -0.25) is 9.36 Å². The Bertz CT molecular complexity index is 837. The summed E-state index contributed by atoms with van der Waals surface area (Å²) in [5.41, 5.74) is -0.409. The molecule has 1 aromatic heterocycles. The summed E-state index contributed by atoms with van der Waals surface area (Å²) in [7, 11) is 1.15. The number of aryl methyl sites for hydroxylation is 1. The van der Waals surface area contributed by atoms with Crippen LogP contribution in [-0.2, 0) is 24.3 Å². The lowest BCUT2D eigenvalue weighted by atomic mass is 10.2. The number of rotatable bonds is 4. The second-order valence-corrected chi connectivity index (χ2v) is 5.84. The Kier molecular flexibility index (Phi) is 4.82. The lowest BCUT2D eigenvalue weighted by Gasteiger charge is -2.08. The monoisotopic (exact) mass is 352 g/mol. The van der Waals surface area contributed by atoms with Crippen molar-refractivity contribution in [3.63, 3.8) is 0 Å². The van der Waals surface area contributed by atoms with Gasteiger partial charge in [0.25, 0.3) is 0 Å². The van der Waals surface area contributed by atoms with Crippen LogP contribution in [0.15, 0.2) is 16.9 Å². The molecule has 1 amide bonds. The molecule has 1 N–H and O–H groups in total. The fraction of sp³-hybridized carbons (Fsp3) is 0.438. The van der Waals surface area contributed by atoms with E-state index in [4.69, 9.17) is 0 Å². The highest BCUT2D eigenvalue weighted by Crippen LogP contribution is 2.25. The minimum absolute atomic E-state index is 0.0605. The van der Waals surface area contributed by atoms with Crippen LogP contribution >= 0.6 is 0 Å². The van der Waals surface area contributed by atoms with E-state index in [0.29, 0.717) is 18.8 Å². The molecule has 134 valence electrons. The number of methoxy groups -OCH3 is 1. The standard InChI is InChI=1S/C16H18F2N4O3/c1-25-15-11(17)7-10(8-12(15)18)19-14(23)9-22-16(24)21-6-4-2-3-5-13(21)20-22/h7-8H,2-6,9H2,1H3,(H,19,23). The van der Waals surface area contributed by atoms with Crippen LogP contribution in [0.1, 0.15) is 25.1 Å². The first-order valence-corrected chi connectivity index (χ1v) is 7.99. The van der Waals surface area contributed by atoms with E-state index in [9.17, 15) is 18.4 Å². The number of nitrogens with one attached hydrogen (secondary N) is 1. The average Bonchev–Trinajstić information content (AvgIpc) is 2.73. The Hall–Kier alpha value is -2.71. The fourth-order valence-electron chi connectivity index (χ4n) is 2.89. The van der Waals surface area contributed by atoms with E-state index in [1.807, 2.05) is 0 Å². The highest BCUT2D eigenvalue weighted by Gasteiger charge is 2.18. The van der Waals surface area contributed by atoms with Gasteiger partial charge in [-0.2, -0.15) is 5.10 Å². The topological polar surface area (TPSA) is 78.2 Å². The lowest BCUT2D eigenvalue weighted by Crippen LogP contribution is -2.30. The van der Waals surface area contributed by atoms with E-state index in [2.05, 4.69) is 15.2 Å². The van der Waals surface area contributed by atoms with Gasteiger partial charge in [0.1, 0.15) is 12.4 Å². The molecule has 0 radical (unpaired) electrons. The molecule has 25 heavy (non-hydrogen) atoms.